The van der Waals surface area contributed by atoms with Crippen LogP contribution in [0, 0.1) is 0 Å². The normalized spacial score (nSPS) is 21.4. The van der Waals surface area contributed by atoms with Gasteiger partial charge in [-0.05, 0) is 48.6 Å². The van der Waals surface area contributed by atoms with E-state index in [4.69, 9.17) is 0 Å². The molecule has 2 aromatic rings. The van der Waals surface area contributed by atoms with Crippen LogP contribution in [0.5, 0.6) is 0 Å². The molecule has 1 N–H and O–H groups in total. The van der Waals surface area contributed by atoms with Crippen molar-refractivity contribution in [1.82, 2.24) is 25.5 Å². The molecule has 2 aliphatic carbocycles. The van der Waals surface area contributed by atoms with Gasteiger partial charge in [0.1, 0.15) is 0 Å². The molecule has 122 valence electrons. The highest BCUT2D eigenvalue weighted by Crippen LogP contribution is 2.41. The predicted molar refractivity (Wildman–Crippen MR) is 89.1 cm³/mol. The fraction of sp³-hybridized carbons (Fsp3) is 0.611. The summed E-state index contributed by atoms with van der Waals surface area (Å²) in [6.45, 7) is 3.17. The lowest BCUT2D eigenvalue weighted by Gasteiger charge is -2.31. The Bertz CT molecular complexity index is 640. The summed E-state index contributed by atoms with van der Waals surface area (Å²) in [6, 6.07) is 11.7. The number of hydrogen-bond donors (Lipinski definition) is 1. The lowest BCUT2D eigenvalue weighted by molar-refractivity contribution is 0.371. The van der Waals surface area contributed by atoms with Gasteiger partial charge in [-0.25, -0.2) is 4.68 Å². The van der Waals surface area contributed by atoms with Crippen molar-refractivity contribution in [3.63, 3.8) is 0 Å². The van der Waals surface area contributed by atoms with Gasteiger partial charge < -0.3 is 5.32 Å². The Morgan fingerprint density at radius 3 is 2.65 bits per heavy atom. The lowest BCUT2D eigenvalue weighted by atomic mass is 9.78. The van der Waals surface area contributed by atoms with Gasteiger partial charge in [-0.1, -0.05) is 43.2 Å². The molecule has 2 aliphatic rings. The molecule has 0 amide bonds. The van der Waals surface area contributed by atoms with Gasteiger partial charge in [0.05, 0.1) is 12.1 Å². The van der Waals surface area contributed by atoms with Crippen LogP contribution in [0.4, 0.5) is 0 Å². The van der Waals surface area contributed by atoms with E-state index in [9.17, 15) is 0 Å². The number of hydrogen-bond acceptors (Lipinski definition) is 4. The highest BCUT2D eigenvalue weighted by atomic mass is 15.6. The molecule has 23 heavy (non-hydrogen) atoms. The average molecular weight is 311 g/mol. The minimum atomic E-state index is 0.187. The molecule has 2 fully saturated rings. The second-order valence-corrected chi connectivity index (χ2v) is 7.17. The van der Waals surface area contributed by atoms with E-state index >= 15 is 0 Å². The Morgan fingerprint density at radius 2 is 1.96 bits per heavy atom. The summed E-state index contributed by atoms with van der Waals surface area (Å²) < 4.78 is 2.02. The Kier molecular flexibility index (Phi) is 3.89. The molecule has 2 saturated carbocycles. The standard InChI is InChI=1S/C18H25N5/c1-14(17-20-21-22-23(17)16-9-10-16)19-13-18(11-5-6-12-18)15-7-3-2-4-8-15/h2-4,7-8,14,16,19H,5-6,9-13H2,1H3. The van der Waals surface area contributed by atoms with Gasteiger partial charge >= 0.3 is 0 Å². The molecule has 5 nitrogen and oxygen atoms in total. The highest BCUT2D eigenvalue weighted by Gasteiger charge is 2.36. The number of benzene rings is 1. The molecule has 0 aliphatic heterocycles. The smallest absolute Gasteiger partial charge is 0.168 e. The summed E-state index contributed by atoms with van der Waals surface area (Å²) >= 11 is 0. The second-order valence-electron chi connectivity index (χ2n) is 7.17. The van der Waals surface area contributed by atoms with E-state index in [0.29, 0.717) is 6.04 Å². The van der Waals surface area contributed by atoms with Crippen molar-refractivity contribution >= 4 is 0 Å². The Labute approximate surface area is 137 Å². The van der Waals surface area contributed by atoms with Crippen molar-refractivity contribution in [1.29, 1.82) is 0 Å². The van der Waals surface area contributed by atoms with Crippen LogP contribution < -0.4 is 5.32 Å². The van der Waals surface area contributed by atoms with Crippen molar-refractivity contribution in [3.05, 3.63) is 41.7 Å². The highest BCUT2D eigenvalue weighted by molar-refractivity contribution is 5.27. The molecule has 5 heteroatoms. The molecule has 0 spiro atoms. The molecular weight excluding hydrogens is 286 g/mol. The lowest BCUT2D eigenvalue weighted by Crippen LogP contribution is -2.37. The number of aromatic nitrogens is 4. The van der Waals surface area contributed by atoms with Crippen LogP contribution in [0.1, 0.15) is 68.9 Å². The van der Waals surface area contributed by atoms with Crippen LogP contribution in [-0.2, 0) is 5.41 Å². The summed E-state index contributed by atoms with van der Waals surface area (Å²) in [5.74, 6) is 0.980. The summed E-state index contributed by atoms with van der Waals surface area (Å²) in [5.41, 5.74) is 1.74. The first kappa shape index (κ1) is 14.8. The van der Waals surface area contributed by atoms with E-state index < -0.39 is 0 Å². The Balaban J connectivity index is 1.49. The van der Waals surface area contributed by atoms with Crippen LogP contribution in [0.25, 0.3) is 0 Å². The van der Waals surface area contributed by atoms with Gasteiger partial charge in [-0.15, -0.1) is 5.10 Å². The van der Waals surface area contributed by atoms with Crippen LogP contribution in [0.15, 0.2) is 30.3 Å². The van der Waals surface area contributed by atoms with Gasteiger partial charge in [0.25, 0.3) is 0 Å². The van der Waals surface area contributed by atoms with Crippen LogP contribution in [0.2, 0.25) is 0 Å². The monoisotopic (exact) mass is 311 g/mol. The zero-order chi connectivity index (χ0) is 15.7. The molecule has 1 aromatic carbocycles. The molecule has 1 unspecified atom stereocenters. The molecule has 1 aromatic heterocycles. The van der Waals surface area contributed by atoms with Crippen molar-refractivity contribution in [2.45, 2.75) is 62.9 Å². The van der Waals surface area contributed by atoms with E-state index in [1.807, 2.05) is 4.68 Å². The maximum absolute atomic E-state index is 4.26. The zero-order valence-electron chi connectivity index (χ0n) is 13.8. The Morgan fingerprint density at radius 1 is 1.22 bits per heavy atom. The minimum Gasteiger partial charge on any atom is -0.307 e. The van der Waals surface area contributed by atoms with Gasteiger partial charge in [0.2, 0.25) is 0 Å². The first-order chi connectivity index (χ1) is 11.3. The van der Waals surface area contributed by atoms with E-state index in [-0.39, 0.29) is 11.5 Å². The zero-order valence-corrected chi connectivity index (χ0v) is 13.8. The van der Waals surface area contributed by atoms with Gasteiger partial charge in [0.15, 0.2) is 5.82 Å². The van der Waals surface area contributed by atoms with Gasteiger partial charge in [-0.3, -0.25) is 0 Å². The molecule has 0 bridgehead atoms. The van der Waals surface area contributed by atoms with Crippen LogP contribution >= 0.6 is 0 Å². The topological polar surface area (TPSA) is 55.6 Å². The fourth-order valence-electron chi connectivity index (χ4n) is 3.92. The number of nitrogens with one attached hydrogen (secondary N) is 1. The summed E-state index contributed by atoms with van der Waals surface area (Å²) in [4.78, 5) is 0. The van der Waals surface area contributed by atoms with Crippen molar-refractivity contribution in [3.8, 4) is 0 Å². The maximum atomic E-state index is 4.26. The number of nitrogens with zero attached hydrogens (tertiary/aromatic N) is 4. The number of rotatable bonds is 6. The van der Waals surface area contributed by atoms with Crippen LogP contribution in [-0.4, -0.2) is 26.8 Å². The molecule has 1 heterocycles. The average Bonchev–Trinajstić information content (AvgIpc) is 3.13. The summed E-state index contributed by atoms with van der Waals surface area (Å²) in [7, 11) is 0. The van der Waals surface area contributed by atoms with E-state index in [0.717, 1.165) is 12.4 Å². The Hall–Kier alpha value is -1.75. The maximum Gasteiger partial charge on any atom is 0.168 e. The van der Waals surface area contributed by atoms with Gasteiger partial charge in [-0.2, -0.15) is 0 Å². The number of tetrazole rings is 1. The second kappa shape index (κ2) is 6.04. The van der Waals surface area contributed by atoms with Gasteiger partial charge in [0, 0.05) is 12.0 Å². The first-order valence-corrected chi connectivity index (χ1v) is 8.85. The molecular formula is C18H25N5. The van der Waals surface area contributed by atoms with E-state index in [2.05, 4.69) is 58.1 Å². The molecule has 4 rings (SSSR count). The summed E-state index contributed by atoms with van der Waals surface area (Å²) in [6.07, 6.45) is 7.60. The SMILES string of the molecule is CC(NCC1(c2ccccc2)CCCC1)c1nnnn1C1CC1. The van der Waals surface area contributed by atoms with Crippen molar-refractivity contribution < 1.29 is 0 Å². The van der Waals surface area contributed by atoms with Crippen LogP contribution in [0.3, 0.4) is 0 Å². The van der Waals surface area contributed by atoms with E-state index in [1.54, 1.807) is 0 Å². The fourth-order valence-corrected chi connectivity index (χ4v) is 3.92. The third-order valence-corrected chi connectivity index (χ3v) is 5.49. The van der Waals surface area contributed by atoms with E-state index in [1.165, 1.54) is 44.1 Å². The minimum absolute atomic E-state index is 0.187. The van der Waals surface area contributed by atoms with Crippen molar-refractivity contribution in [2.75, 3.05) is 6.54 Å². The largest absolute Gasteiger partial charge is 0.307 e. The molecule has 0 saturated heterocycles. The molecule has 1 atom stereocenters. The first-order valence-electron chi connectivity index (χ1n) is 8.85. The third-order valence-electron chi connectivity index (χ3n) is 5.49. The quantitative estimate of drug-likeness (QED) is 0.890. The predicted octanol–water partition coefficient (Wildman–Crippen LogP) is 3.17. The summed E-state index contributed by atoms with van der Waals surface area (Å²) in [5, 5.41) is 16.0. The third kappa shape index (κ3) is 2.90. The van der Waals surface area contributed by atoms with Crippen molar-refractivity contribution in [2.24, 2.45) is 0 Å². The molecule has 0 radical (unpaired) electrons.